The van der Waals surface area contributed by atoms with Gasteiger partial charge in [0.15, 0.2) is 11.5 Å². The van der Waals surface area contributed by atoms with Crippen molar-refractivity contribution in [3.05, 3.63) is 54.1 Å². The zero-order chi connectivity index (χ0) is 15.7. The van der Waals surface area contributed by atoms with Crippen LogP contribution in [0.15, 0.2) is 48.5 Å². The van der Waals surface area contributed by atoms with Crippen LogP contribution in [0.3, 0.4) is 0 Å². The second-order valence-corrected chi connectivity index (χ2v) is 5.95. The molecule has 1 aliphatic heterocycles. The summed E-state index contributed by atoms with van der Waals surface area (Å²) in [6, 6.07) is 15.3. The van der Waals surface area contributed by atoms with E-state index in [9.17, 15) is 4.79 Å². The Bertz CT molecular complexity index is 726. The lowest BCUT2D eigenvalue weighted by Gasteiger charge is -2.43. The molecule has 0 atom stereocenters. The molecule has 5 heteroatoms. The Morgan fingerprint density at radius 2 is 1.78 bits per heavy atom. The Morgan fingerprint density at radius 3 is 2.52 bits per heavy atom. The van der Waals surface area contributed by atoms with Gasteiger partial charge >= 0.3 is 6.03 Å². The summed E-state index contributed by atoms with van der Waals surface area (Å²) in [5.41, 5.74) is 1.60. The standard InChI is InChI=1S/C18H18N2O3/c21-17(19-14-7-8-15-16(11-14)23-12-22-15)20-18(9-4-10-18)13-5-2-1-3-6-13/h1-3,5-8,11H,4,9-10,12H2,(H2,19,20,21). The molecule has 2 amide bonds. The second kappa shape index (κ2) is 5.50. The molecule has 1 fully saturated rings. The molecule has 2 N–H and O–H groups in total. The number of carbonyl (C=O) groups excluding carboxylic acids is 1. The third kappa shape index (κ3) is 2.59. The fourth-order valence-electron chi connectivity index (χ4n) is 3.13. The maximum atomic E-state index is 12.4. The van der Waals surface area contributed by atoms with Crippen LogP contribution in [0, 0.1) is 0 Å². The van der Waals surface area contributed by atoms with Gasteiger partial charge < -0.3 is 20.1 Å². The van der Waals surface area contributed by atoms with E-state index in [1.54, 1.807) is 12.1 Å². The normalized spacial score (nSPS) is 17.2. The topological polar surface area (TPSA) is 59.6 Å². The number of carbonyl (C=O) groups is 1. The van der Waals surface area contributed by atoms with E-state index in [1.807, 2.05) is 24.3 Å². The summed E-state index contributed by atoms with van der Waals surface area (Å²) in [6.45, 7) is 0.224. The van der Waals surface area contributed by atoms with Crippen molar-refractivity contribution in [2.75, 3.05) is 12.1 Å². The van der Waals surface area contributed by atoms with Gasteiger partial charge in [0, 0.05) is 11.8 Å². The quantitative estimate of drug-likeness (QED) is 0.910. The SMILES string of the molecule is O=C(Nc1ccc2c(c1)OCO2)NC1(c2ccccc2)CCC1. The monoisotopic (exact) mass is 310 g/mol. The molecule has 0 spiro atoms. The highest BCUT2D eigenvalue weighted by Crippen LogP contribution is 2.41. The first kappa shape index (κ1) is 13.9. The van der Waals surface area contributed by atoms with Gasteiger partial charge in [-0.3, -0.25) is 0 Å². The number of fused-ring (bicyclic) bond motifs is 1. The number of urea groups is 1. The van der Waals surface area contributed by atoms with Crippen molar-refractivity contribution in [3.8, 4) is 11.5 Å². The molecule has 23 heavy (non-hydrogen) atoms. The summed E-state index contributed by atoms with van der Waals surface area (Å²) in [5.74, 6) is 1.36. The molecule has 5 nitrogen and oxygen atoms in total. The van der Waals surface area contributed by atoms with Crippen LogP contribution in [0.5, 0.6) is 11.5 Å². The van der Waals surface area contributed by atoms with E-state index in [1.165, 1.54) is 0 Å². The van der Waals surface area contributed by atoms with Crippen LogP contribution in [0.4, 0.5) is 10.5 Å². The number of amides is 2. The van der Waals surface area contributed by atoms with E-state index >= 15 is 0 Å². The number of nitrogens with one attached hydrogen (secondary N) is 2. The van der Waals surface area contributed by atoms with Crippen LogP contribution < -0.4 is 20.1 Å². The average Bonchev–Trinajstić information content (AvgIpc) is 2.99. The molecule has 1 saturated carbocycles. The Balaban J connectivity index is 1.47. The van der Waals surface area contributed by atoms with Crippen LogP contribution in [-0.2, 0) is 5.54 Å². The molecule has 4 rings (SSSR count). The fourth-order valence-corrected chi connectivity index (χ4v) is 3.13. The Labute approximate surface area is 134 Å². The zero-order valence-corrected chi connectivity index (χ0v) is 12.7. The van der Waals surface area contributed by atoms with Gasteiger partial charge in [0.2, 0.25) is 6.79 Å². The molecule has 118 valence electrons. The van der Waals surface area contributed by atoms with Crippen molar-refractivity contribution in [3.63, 3.8) is 0 Å². The van der Waals surface area contributed by atoms with Crippen molar-refractivity contribution in [2.45, 2.75) is 24.8 Å². The van der Waals surface area contributed by atoms with Crippen LogP contribution in [0.1, 0.15) is 24.8 Å². The van der Waals surface area contributed by atoms with E-state index in [-0.39, 0.29) is 18.4 Å². The van der Waals surface area contributed by atoms with Crippen molar-refractivity contribution in [1.82, 2.24) is 5.32 Å². The van der Waals surface area contributed by atoms with Gasteiger partial charge in [-0.25, -0.2) is 4.79 Å². The first-order valence-corrected chi connectivity index (χ1v) is 7.80. The minimum absolute atomic E-state index is 0.201. The molecule has 2 aromatic carbocycles. The molecular weight excluding hydrogens is 292 g/mol. The van der Waals surface area contributed by atoms with Gasteiger partial charge in [-0.05, 0) is 37.0 Å². The number of ether oxygens (including phenoxy) is 2. The molecular formula is C18H18N2O3. The number of hydrogen-bond donors (Lipinski definition) is 2. The van der Waals surface area contributed by atoms with E-state index in [4.69, 9.17) is 9.47 Å². The van der Waals surface area contributed by atoms with E-state index in [2.05, 4.69) is 22.8 Å². The fraction of sp³-hybridized carbons (Fsp3) is 0.278. The van der Waals surface area contributed by atoms with Crippen molar-refractivity contribution >= 4 is 11.7 Å². The Morgan fingerprint density at radius 1 is 1.00 bits per heavy atom. The second-order valence-electron chi connectivity index (χ2n) is 5.95. The first-order valence-electron chi connectivity index (χ1n) is 7.80. The highest BCUT2D eigenvalue weighted by molar-refractivity contribution is 5.90. The van der Waals surface area contributed by atoms with Gasteiger partial charge in [0.25, 0.3) is 0 Å². The van der Waals surface area contributed by atoms with Crippen LogP contribution in [0.2, 0.25) is 0 Å². The molecule has 1 aliphatic carbocycles. The van der Waals surface area contributed by atoms with Gasteiger partial charge in [-0.2, -0.15) is 0 Å². The highest BCUT2D eigenvalue weighted by atomic mass is 16.7. The summed E-state index contributed by atoms with van der Waals surface area (Å²) in [6.07, 6.45) is 3.05. The summed E-state index contributed by atoms with van der Waals surface area (Å²) < 4.78 is 10.6. The number of rotatable bonds is 3. The minimum atomic E-state index is -0.248. The summed E-state index contributed by atoms with van der Waals surface area (Å²) >= 11 is 0. The molecule has 0 radical (unpaired) electrons. The van der Waals surface area contributed by atoms with Crippen molar-refractivity contribution in [2.24, 2.45) is 0 Å². The Kier molecular flexibility index (Phi) is 3.33. The number of benzene rings is 2. The molecule has 1 heterocycles. The number of anilines is 1. The van der Waals surface area contributed by atoms with Crippen LogP contribution in [-0.4, -0.2) is 12.8 Å². The van der Waals surface area contributed by atoms with Gasteiger partial charge in [0.1, 0.15) is 0 Å². The lowest BCUT2D eigenvalue weighted by Crippen LogP contribution is -2.52. The van der Waals surface area contributed by atoms with E-state index in [0.717, 1.165) is 24.8 Å². The molecule has 0 aromatic heterocycles. The highest BCUT2D eigenvalue weighted by Gasteiger charge is 2.39. The maximum Gasteiger partial charge on any atom is 0.319 e. The predicted octanol–water partition coefficient (Wildman–Crippen LogP) is 3.62. The van der Waals surface area contributed by atoms with Gasteiger partial charge in [-0.1, -0.05) is 30.3 Å². The third-order valence-corrected chi connectivity index (χ3v) is 4.52. The van der Waals surface area contributed by atoms with Gasteiger partial charge in [0.05, 0.1) is 5.54 Å². The molecule has 2 aromatic rings. The summed E-state index contributed by atoms with van der Waals surface area (Å²) in [5, 5.41) is 6.02. The lowest BCUT2D eigenvalue weighted by molar-refractivity contribution is 0.174. The van der Waals surface area contributed by atoms with Crippen LogP contribution in [0.25, 0.3) is 0 Å². The largest absolute Gasteiger partial charge is 0.454 e. The van der Waals surface area contributed by atoms with Gasteiger partial charge in [-0.15, -0.1) is 0 Å². The summed E-state index contributed by atoms with van der Waals surface area (Å²) in [4.78, 5) is 12.4. The Hall–Kier alpha value is -2.69. The van der Waals surface area contributed by atoms with E-state index in [0.29, 0.717) is 17.2 Å². The average molecular weight is 310 g/mol. The molecule has 0 saturated heterocycles. The summed E-state index contributed by atoms with van der Waals surface area (Å²) in [7, 11) is 0. The predicted molar refractivity (Wildman–Crippen MR) is 86.7 cm³/mol. The zero-order valence-electron chi connectivity index (χ0n) is 12.7. The van der Waals surface area contributed by atoms with Crippen LogP contribution >= 0.6 is 0 Å². The van der Waals surface area contributed by atoms with Crippen molar-refractivity contribution in [1.29, 1.82) is 0 Å². The molecule has 0 unspecified atom stereocenters. The smallest absolute Gasteiger partial charge is 0.319 e. The third-order valence-electron chi connectivity index (χ3n) is 4.52. The lowest BCUT2D eigenvalue weighted by atomic mass is 9.72. The molecule has 0 bridgehead atoms. The first-order chi connectivity index (χ1) is 11.3. The van der Waals surface area contributed by atoms with E-state index < -0.39 is 0 Å². The van der Waals surface area contributed by atoms with Crippen molar-refractivity contribution < 1.29 is 14.3 Å². The minimum Gasteiger partial charge on any atom is -0.454 e. The molecule has 2 aliphatic rings. The maximum absolute atomic E-state index is 12.4. The number of hydrogen-bond acceptors (Lipinski definition) is 3.